The van der Waals surface area contributed by atoms with Gasteiger partial charge >= 0.3 is 5.97 Å². The Kier molecular flexibility index (Phi) is 20.4. The number of carboxylic acids is 1. The van der Waals surface area contributed by atoms with E-state index < -0.39 is 12.1 Å². The molecular formula is C17H34O4. The van der Waals surface area contributed by atoms with Gasteiger partial charge in [0.1, 0.15) is 0 Å². The van der Waals surface area contributed by atoms with E-state index in [9.17, 15) is 4.79 Å². The maximum absolute atomic E-state index is 10.3. The van der Waals surface area contributed by atoms with Crippen molar-refractivity contribution in [1.82, 2.24) is 0 Å². The molecular weight excluding hydrogens is 268 g/mol. The van der Waals surface area contributed by atoms with E-state index in [1.54, 1.807) is 0 Å². The molecule has 3 N–H and O–H groups in total. The Hall–Kier alpha value is -0.870. The van der Waals surface area contributed by atoms with Crippen molar-refractivity contribution in [3.05, 3.63) is 12.2 Å². The molecule has 4 nitrogen and oxygen atoms in total. The molecule has 0 heterocycles. The summed E-state index contributed by atoms with van der Waals surface area (Å²) >= 11 is 0. The summed E-state index contributed by atoms with van der Waals surface area (Å²) in [7, 11) is 0. The third kappa shape index (κ3) is 28.1. The van der Waals surface area contributed by atoms with Crippen LogP contribution in [0.15, 0.2) is 12.2 Å². The zero-order valence-electron chi connectivity index (χ0n) is 13.8. The van der Waals surface area contributed by atoms with Gasteiger partial charge in [0.2, 0.25) is 0 Å². The lowest BCUT2D eigenvalue weighted by Gasteiger charge is -1.98. The quantitative estimate of drug-likeness (QED) is 0.377. The maximum Gasteiger partial charge on any atom is 0.303 e. The zero-order valence-corrected chi connectivity index (χ0v) is 13.8. The van der Waals surface area contributed by atoms with Crippen LogP contribution in [0, 0.1) is 0 Å². The summed E-state index contributed by atoms with van der Waals surface area (Å²) in [5, 5.41) is 24.5. The van der Waals surface area contributed by atoms with Gasteiger partial charge < -0.3 is 15.3 Å². The summed E-state index contributed by atoms with van der Waals surface area (Å²) in [4.78, 5) is 10.3. The molecule has 0 radical (unpaired) electrons. The van der Waals surface area contributed by atoms with Crippen molar-refractivity contribution in [3.63, 3.8) is 0 Å². The number of hydrogen-bond acceptors (Lipinski definition) is 3. The minimum absolute atomic E-state index is 0.139. The average Bonchev–Trinajstić information content (AvgIpc) is 2.45. The Morgan fingerprint density at radius 2 is 1.48 bits per heavy atom. The fourth-order valence-electron chi connectivity index (χ4n) is 1.63. The van der Waals surface area contributed by atoms with Crippen LogP contribution in [0.25, 0.3) is 0 Å². The molecule has 0 aromatic heterocycles. The van der Waals surface area contributed by atoms with Crippen LogP contribution in [0.1, 0.15) is 78.1 Å². The van der Waals surface area contributed by atoms with Crippen molar-refractivity contribution >= 4 is 5.97 Å². The van der Waals surface area contributed by atoms with Gasteiger partial charge in [0.25, 0.3) is 0 Å². The van der Waals surface area contributed by atoms with Crippen molar-refractivity contribution < 1.29 is 20.1 Å². The van der Waals surface area contributed by atoms with Crippen LogP contribution in [0.4, 0.5) is 0 Å². The second-order valence-corrected chi connectivity index (χ2v) is 5.35. The summed E-state index contributed by atoms with van der Waals surface area (Å²) in [5.41, 5.74) is 0. The Labute approximate surface area is 129 Å². The van der Waals surface area contributed by atoms with Crippen molar-refractivity contribution in [2.75, 3.05) is 6.61 Å². The minimum atomic E-state index is -0.668. The van der Waals surface area contributed by atoms with E-state index in [0.29, 0.717) is 6.42 Å². The van der Waals surface area contributed by atoms with Crippen LogP contribution in [0.5, 0.6) is 0 Å². The summed E-state index contributed by atoms with van der Waals surface area (Å²) < 4.78 is 0. The first-order valence-electron chi connectivity index (χ1n) is 8.20. The summed E-state index contributed by atoms with van der Waals surface area (Å²) in [6.07, 6.45) is 14.9. The van der Waals surface area contributed by atoms with E-state index in [2.05, 4.69) is 19.1 Å². The van der Waals surface area contributed by atoms with Gasteiger partial charge in [-0.3, -0.25) is 4.79 Å². The van der Waals surface area contributed by atoms with E-state index in [0.717, 1.165) is 12.8 Å². The highest BCUT2D eigenvalue weighted by Gasteiger charge is 1.95. The third-order valence-corrected chi connectivity index (χ3v) is 2.92. The largest absolute Gasteiger partial charge is 0.481 e. The fourth-order valence-corrected chi connectivity index (χ4v) is 1.63. The van der Waals surface area contributed by atoms with Crippen LogP contribution in [0.2, 0.25) is 0 Å². The minimum Gasteiger partial charge on any atom is -0.481 e. The lowest BCUT2D eigenvalue weighted by atomic mass is 10.1. The van der Waals surface area contributed by atoms with Gasteiger partial charge in [-0.2, -0.15) is 0 Å². The van der Waals surface area contributed by atoms with E-state index in [1.165, 1.54) is 51.9 Å². The monoisotopic (exact) mass is 302 g/mol. The highest BCUT2D eigenvalue weighted by atomic mass is 16.4. The first kappa shape index (κ1) is 22.4. The molecule has 0 fully saturated rings. The van der Waals surface area contributed by atoms with Crippen LogP contribution in [-0.2, 0) is 4.79 Å². The molecule has 4 heteroatoms. The predicted octanol–water partition coefficient (Wildman–Crippen LogP) is 3.91. The van der Waals surface area contributed by atoms with E-state index in [1.807, 2.05) is 0 Å². The Bertz CT molecular complexity index is 237. The van der Waals surface area contributed by atoms with Gasteiger partial charge in [-0.1, -0.05) is 51.2 Å². The summed E-state index contributed by atoms with van der Waals surface area (Å²) in [5.74, 6) is -0.668. The smallest absolute Gasteiger partial charge is 0.303 e. The SMILES string of the molecule is CC(O)CO.CCCC/C=C\CCCCCCCC(=O)O. The van der Waals surface area contributed by atoms with E-state index in [-0.39, 0.29) is 6.61 Å². The predicted molar refractivity (Wildman–Crippen MR) is 87.4 cm³/mol. The molecule has 0 aliphatic rings. The molecule has 0 aliphatic carbocycles. The number of unbranched alkanes of at least 4 members (excludes halogenated alkanes) is 7. The molecule has 1 atom stereocenters. The van der Waals surface area contributed by atoms with E-state index >= 15 is 0 Å². The molecule has 0 amide bonds. The maximum atomic E-state index is 10.3. The second-order valence-electron chi connectivity index (χ2n) is 5.35. The molecule has 0 aromatic rings. The lowest BCUT2D eigenvalue weighted by Crippen LogP contribution is -2.03. The molecule has 0 rings (SSSR count). The summed E-state index contributed by atoms with van der Waals surface area (Å²) in [6.45, 7) is 3.60. The molecule has 0 saturated heterocycles. The van der Waals surface area contributed by atoms with Crippen LogP contribution >= 0.6 is 0 Å². The molecule has 0 saturated carbocycles. The van der Waals surface area contributed by atoms with E-state index in [4.69, 9.17) is 15.3 Å². The van der Waals surface area contributed by atoms with Crippen molar-refractivity contribution in [3.8, 4) is 0 Å². The Morgan fingerprint density at radius 3 is 1.95 bits per heavy atom. The first-order chi connectivity index (χ1) is 10.0. The normalized spacial score (nSPS) is 12.0. The van der Waals surface area contributed by atoms with Crippen LogP contribution in [0.3, 0.4) is 0 Å². The number of carboxylic acid groups (broad SMARTS) is 1. The molecule has 1 unspecified atom stereocenters. The molecule has 0 aromatic carbocycles. The van der Waals surface area contributed by atoms with Crippen LogP contribution in [-0.4, -0.2) is 34.0 Å². The Morgan fingerprint density at radius 1 is 1.00 bits per heavy atom. The highest BCUT2D eigenvalue weighted by molar-refractivity contribution is 5.66. The zero-order chi connectivity index (χ0) is 16.3. The van der Waals surface area contributed by atoms with Gasteiger partial charge in [-0.25, -0.2) is 0 Å². The molecule has 21 heavy (non-hydrogen) atoms. The standard InChI is InChI=1S/C14H26O2.C3H8O2/c1-2-3-4-5-6-7-8-9-10-11-12-13-14(15)16;1-3(5)2-4/h5-6H,2-4,7-13H2,1H3,(H,15,16);3-5H,2H2,1H3/b6-5-;. The first-order valence-corrected chi connectivity index (χ1v) is 8.20. The number of carbonyl (C=O) groups is 1. The average molecular weight is 302 g/mol. The Balaban J connectivity index is 0. The number of hydrogen-bond donors (Lipinski definition) is 3. The van der Waals surface area contributed by atoms with Crippen molar-refractivity contribution in [2.45, 2.75) is 84.2 Å². The van der Waals surface area contributed by atoms with Gasteiger partial charge in [-0.15, -0.1) is 0 Å². The van der Waals surface area contributed by atoms with Gasteiger partial charge in [0.05, 0.1) is 12.7 Å². The highest BCUT2D eigenvalue weighted by Crippen LogP contribution is 2.08. The fraction of sp³-hybridized carbons (Fsp3) is 0.824. The molecule has 0 bridgehead atoms. The lowest BCUT2D eigenvalue weighted by molar-refractivity contribution is -0.137. The second kappa shape index (κ2) is 19.1. The van der Waals surface area contributed by atoms with Crippen LogP contribution < -0.4 is 0 Å². The van der Waals surface area contributed by atoms with Gasteiger partial charge in [-0.05, 0) is 32.6 Å². The molecule has 126 valence electrons. The number of aliphatic carboxylic acids is 1. The van der Waals surface area contributed by atoms with Crippen molar-refractivity contribution in [2.24, 2.45) is 0 Å². The summed E-state index contributed by atoms with van der Waals surface area (Å²) in [6, 6.07) is 0. The van der Waals surface area contributed by atoms with Gasteiger partial charge in [0, 0.05) is 6.42 Å². The number of aliphatic hydroxyl groups excluding tert-OH is 2. The topological polar surface area (TPSA) is 77.8 Å². The third-order valence-electron chi connectivity index (χ3n) is 2.92. The number of allylic oxidation sites excluding steroid dienone is 2. The van der Waals surface area contributed by atoms with Crippen molar-refractivity contribution in [1.29, 1.82) is 0 Å². The van der Waals surface area contributed by atoms with Gasteiger partial charge in [0.15, 0.2) is 0 Å². The number of rotatable bonds is 12. The molecule has 0 aliphatic heterocycles. The number of aliphatic hydroxyl groups is 2. The molecule has 0 spiro atoms.